The third-order valence-electron chi connectivity index (χ3n) is 2.94. The molecule has 0 spiro atoms. The van der Waals surface area contributed by atoms with Gasteiger partial charge in [0, 0.05) is 16.5 Å². The van der Waals surface area contributed by atoms with Crippen LogP contribution in [0.2, 0.25) is 0 Å². The van der Waals surface area contributed by atoms with E-state index >= 15 is 0 Å². The average Bonchev–Trinajstić information content (AvgIpc) is 2.82. The topological polar surface area (TPSA) is 55.0 Å². The number of aryl methyl sites for hydroxylation is 1. The summed E-state index contributed by atoms with van der Waals surface area (Å²) in [5.41, 5.74) is 2.53. The number of hydrogen-bond acceptors (Lipinski definition) is 4. The third kappa shape index (κ3) is 1.92. The molecule has 19 heavy (non-hydrogen) atoms. The van der Waals surface area contributed by atoms with E-state index in [0.29, 0.717) is 10.5 Å². The summed E-state index contributed by atoms with van der Waals surface area (Å²) in [6.45, 7) is 1.78. The zero-order valence-corrected chi connectivity index (χ0v) is 11.4. The molecule has 1 N–H and O–H groups in total. The summed E-state index contributed by atoms with van der Waals surface area (Å²) < 4.78 is 6.01. The minimum absolute atomic E-state index is 0.0892. The molecule has 0 amide bonds. The molecule has 5 heteroatoms. The standard InChI is InChI=1S/C14H12N2O2S/c1-8-15-12-10(7-19-13(12)14(17)16-8)9-5-3-4-6-11(9)18-2/h3-7H,1-2H3,(H,15,16,17). The summed E-state index contributed by atoms with van der Waals surface area (Å²) in [5, 5.41) is 1.95. The van der Waals surface area contributed by atoms with E-state index in [4.69, 9.17) is 4.74 Å². The van der Waals surface area contributed by atoms with E-state index < -0.39 is 0 Å². The van der Waals surface area contributed by atoms with E-state index in [-0.39, 0.29) is 5.56 Å². The van der Waals surface area contributed by atoms with Gasteiger partial charge in [0.05, 0.1) is 12.6 Å². The summed E-state index contributed by atoms with van der Waals surface area (Å²) in [6.07, 6.45) is 0. The summed E-state index contributed by atoms with van der Waals surface area (Å²) in [6, 6.07) is 7.74. The number of ether oxygens (including phenoxy) is 1. The lowest BCUT2D eigenvalue weighted by atomic mass is 10.1. The Balaban J connectivity index is 2.35. The number of nitrogens with zero attached hydrogens (tertiary/aromatic N) is 1. The maximum Gasteiger partial charge on any atom is 0.268 e. The van der Waals surface area contributed by atoms with Gasteiger partial charge >= 0.3 is 0 Å². The Morgan fingerprint density at radius 3 is 2.84 bits per heavy atom. The van der Waals surface area contributed by atoms with Gasteiger partial charge in [0.25, 0.3) is 5.56 Å². The molecule has 0 radical (unpaired) electrons. The van der Waals surface area contributed by atoms with E-state index in [2.05, 4.69) is 9.97 Å². The van der Waals surface area contributed by atoms with Crippen LogP contribution in [0, 0.1) is 6.92 Å². The lowest BCUT2D eigenvalue weighted by Crippen LogP contribution is -2.07. The number of rotatable bonds is 2. The van der Waals surface area contributed by atoms with Crippen LogP contribution < -0.4 is 10.3 Å². The Kier molecular flexibility index (Phi) is 2.83. The quantitative estimate of drug-likeness (QED) is 0.780. The monoisotopic (exact) mass is 272 g/mol. The largest absolute Gasteiger partial charge is 0.496 e. The Morgan fingerprint density at radius 1 is 1.26 bits per heavy atom. The first-order valence-electron chi connectivity index (χ1n) is 5.82. The molecular weight excluding hydrogens is 260 g/mol. The number of para-hydroxylation sites is 1. The summed E-state index contributed by atoms with van der Waals surface area (Å²) >= 11 is 1.40. The van der Waals surface area contributed by atoms with E-state index in [1.807, 2.05) is 29.6 Å². The minimum Gasteiger partial charge on any atom is -0.496 e. The van der Waals surface area contributed by atoms with Crippen LogP contribution in [0.1, 0.15) is 5.82 Å². The summed E-state index contributed by atoms with van der Waals surface area (Å²) in [5.74, 6) is 1.40. The zero-order valence-electron chi connectivity index (χ0n) is 10.6. The van der Waals surface area contributed by atoms with E-state index in [1.165, 1.54) is 11.3 Å². The Labute approximate surface area is 113 Å². The fraction of sp³-hybridized carbons (Fsp3) is 0.143. The molecule has 0 aliphatic carbocycles. The van der Waals surface area contributed by atoms with Gasteiger partial charge in [-0.15, -0.1) is 11.3 Å². The predicted octanol–water partition coefficient (Wildman–Crippen LogP) is 2.97. The highest BCUT2D eigenvalue weighted by Crippen LogP contribution is 2.36. The predicted molar refractivity (Wildman–Crippen MR) is 77.0 cm³/mol. The highest BCUT2D eigenvalue weighted by Gasteiger charge is 2.14. The number of fused-ring (bicyclic) bond motifs is 1. The van der Waals surface area contributed by atoms with Crippen molar-refractivity contribution < 1.29 is 4.74 Å². The number of aromatic amines is 1. The number of aromatic nitrogens is 2. The Bertz CT molecular complexity index is 805. The third-order valence-corrected chi connectivity index (χ3v) is 3.91. The van der Waals surface area contributed by atoms with E-state index in [1.54, 1.807) is 14.0 Å². The Morgan fingerprint density at radius 2 is 2.05 bits per heavy atom. The highest BCUT2D eigenvalue weighted by molar-refractivity contribution is 7.17. The van der Waals surface area contributed by atoms with Gasteiger partial charge in [-0.3, -0.25) is 4.79 Å². The fourth-order valence-corrected chi connectivity index (χ4v) is 3.00. The molecule has 0 atom stereocenters. The molecule has 2 aromatic heterocycles. The van der Waals surface area contributed by atoms with E-state index in [0.717, 1.165) is 22.4 Å². The maximum absolute atomic E-state index is 11.9. The van der Waals surface area contributed by atoms with Crippen molar-refractivity contribution in [1.82, 2.24) is 9.97 Å². The molecule has 0 fully saturated rings. The lowest BCUT2D eigenvalue weighted by molar-refractivity contribution is 0.416. The molecule has 4 nitrogen and oxygen atoms in total. The molecule has 0 aliphatic heterocycles. The highest BCUT2D eigenvalue weighted by atomic mass is 32.1. The zero-order chi connectivity index (χ0) is 13.4. The van der Waals surface area contributed by atoms with Crippen LogP contribution in [-0.2, 0) is 0 Å². The number of nitrogens with one attached hydrogen (secondary N) is 1. The first-order chi connectivity index (χ1) is 9.20. The second kappa shape index (κ2) is 4.51. The van der Waals surface area contributed by atoms with Gasteiger partial charge in [0.2, 0.25) is 0 Å². The van der Waals surface area contributed by atoms with E-state index in [9.17, 15) is 4.79 Å². The number of benzene rings is 1. The van der Waals surface area contributed by atoms with Crippen LogP contribution in [-0.4, -0.2) is 17.1 Å². The first kappa shape index (κ1) is 11.9. The van der Waals surface area contributed by atoms with Gasteiger partial charge in [0.15, 0.2) is 0 Å². The van der Waals surface area contributed by atoms with Crippen LogP contribution in [0.4, 0.5) is 0 Å². The molecule has 3 rings (SSSR count). The molecule has 0 aliphatic rings. The van der Waals surface area contributed by atoms with Crippen LogP contribution >= 0.6 is 11.3 Å². The smallest absolute Gasteiger partial charge is 0.268 e. The minimum atomic E-state index is -0.0892. The summed E-state index contributed by atoms with van der Waals surface area (Å²) in [4.78, 5) is 19.0. The molecule has 1 aromatic carbocycles. The normalized spacial score (nSPS) is 10.8. The van der Waals surface area contributed by atoms with Gasteiger partial charge < -0.3 is 9.72 Å². The average molecular weight is 272 g/mol. The van der Waals surface area contributed by atoms with Gasteiger partial charge in [0.1, 0.15) is 16.3 Å². The molecule has 3 aromatic rings. The second-order valence-corrected chi connectivity index (χ2v) is 5.06. The van der Waals surface area contributed by atoms with Crippen molar-refractivity contribution in [3.63, 3.8) is 0 Å². The van der Waals surface area contributed by atoms with Crippen LogP contribution in [0.15, 0.2) is 34.4 Å². The lowest BCUT2D eigenvalue weighted by Gasteiger charge is -2.06. The molecule has 0 bridgehead atoms. The van der Waals surface area contributed by atoms with Crippen molar-refractivity contribution in [3.05, 3.63) is 45.8 Å². The van der Waals surface area contributed by atoms with Gasteiger partial charge in [-0.05, 0) is 13.0 Å². The van der Waals surface area contributed by atoms with Crippen LogP contribution in [0.25, 0.3) is 21.3 Å². The van der Waals surface area contributed by atoms with Gasteiger partial charge in [-0.1, -0.05) is 18.2 Å². The second-order valence-electron chi connectivity index (χ2n) is 4.18. The maximum atomic E-state index is 11.9. The molecule has 0 saturated carbocycles. The van der Waals surface area contributed by atoms with Crippen molar-refractivity contribution in [3.8, 4) is 16.9 Å². The van der Waals surface area contributed by atoms with Crippen LogP contribution in [0.3, 0.4) is 0 Å². The molecule has 96 valence electrons. The molecule has 0 unspecified atom stereocenters. The molecular formula is C14H12N2O2S. The van der Waals surface area contributed by atoms with Crippen molar-refractivity contribution in [2.75, 3.05) is 7.11 Å². The van der Waals surface area contributed by atoms with Gasteiger partial charge in [-0.2, -0.15) is 0 Å². The number of H-pyrrole nitrogens is 1. The first-order valence-corrected chi connectivity index (χ1v) is 6.70. The van der Waals surface area contributed by atoms with Crippen molar-refractivity contribution in [1.29, 1.82) is 0 Å². The van der Waals surface area contributed by atoms with Crippen LogP contribution in [0.5, 0.6) is 5.75 Å². The molecule has 2 heterocycles. The molecule has 0 saturated heterocycles. The number of hydrogen-bond donors (Lipinski definition) is 1. The SMILES string of the molecule is COc1ccccc1-c1csc2c(=O)[nH]c(C)nc12. The number of thiophene rings is 1. The van der Waals surface area contributed by atoms with Crippen molar-refractivity contribution in [2.45, 2.75) is 6.92 Å². The van der Waals surface area contributed by atoms with Crippen molar-refractivity contribution in [2.24, 2.45) is 0 Å². The summed E-state index contributed by atoms with van der Waals surface area (Å²) in [7, 11) is 1.64. The fourth-order valence-electron chi connectivity index (χ4n) is 2.10. The van der Waals surface area contributed by atoms with Crippen molar-refractivity contribution >= 4 is 21.6 Å². The number of methoxy groups -OCH3 is 1. The Hall–Kier alpha value is -2.14. The van der Waals surface area contributed by atoms with Gasteiger partial charge in [-0.25, -0.2) is 4.98 Å².